The summed E-state index contributed by atoms with van der Waals surface area (Å²) in [4.78, 5) is 0. The first-order valence-corrected chi connectivity index (χ1v) is 3.23. The number of nitrogens with two attached hydrogens (primary N) is 1. The Morgan fingerprint density at radius 3 is 2.33 bits per heavy atom. The van der Waals surface area contributed by atoms with E-state index in [4.69, 9.17) is 12.7 Å². The highest BCUT2D eigenvalue weighted by Gasteiger charge is 1.81. The highest BCUT2D eigenvalue weighted by atomic mass is 14.9. The second kappa shape index (κ2) is 7.88. The van der Waals surface area contributed by atoms with Gasteiger partial charge in [0.2, 0.25) is 0 Å². The highest BCUT2D eigenvalue weighted by Crippen LogP contribution is 1.56. The van der Waals surface area contributed by atoms with Crippen molar-refractivity contribution in [2.45, 2.75) is 0 Å². The van der Waals surface area contributed by atoms with E-state index in [9.17, 15) is 0 Å². The third-order valence-electron chi connectivity index (χ3n) is 0.944. The number of nitrogens with one attached hydrogen (secondary N) is 2. The van der Waals surface area contributed by atoms with E-state index in [0.717, 1.165) is 19.6 Å². The van der Waals surface area contributed by atoms with Crippen LogP contribution in [0.3, 0.4) is 0 Å². The zero-order chi connectivity index (χ0) is 6.95. The van der Waals surface area contributed by atoms with Crippen LogP contribution in [0.5, 0.6) is 0 Å². The molecule has 0 atom stereocenters. The molecule has 0 saturated heterocycles. The SMILES string of the molecule is [CH]CNCCNCCN. The Labute approximate surface area is 57.0 Å². The predicted octanol–water partition coefficient (Wildman–Crippen LogP) is -1.16. The largest absolute Gasteiger partial charge is 0.329 e. The fourth-order valence-corrected chi connectivity index (χ4v) is 0.506. The van der Waals surface area contributed by atoms with Crippen LogP contribution >= 0.6 is 0 Å². The summed E-state index contributed by atoms with van der Waals surface area (Å²) in [6.07, 6.45) is 0. The van der Waals surface area contributed by atoms with Crippen molar-refractivity contribution in [1.82, 2.24) is 10.6 Å². The van der Waals surface area contributed by atoms with Crippen LogP contribution in [0.4, 0.5) is 0 Å². The third kappa shape index (κ3) is 7.88. The molecule has 4 N–H and O–H groups in total. The summed E-state index contributed by atoms with van der Waals surface area (Å²) in [7, 11) is 0. The summed E-state index contributed by atoms with van der Waals surface area (Å²) in [6, 6.07) is 0. The van der Waals surface area contributed by atoms with Gasteiger partial charge in [0.25, 0.3) is 0 Å². The maximum atomic E-state index is 5.24. The van der Waals surface area contributed by atoms with Crippen LogP contribution in [0.25, 0.3) is 0 Å². The van der Waals surface area contributed by atoms with Gasteiger partial charge in [-0.1, -0.05) is 0 Å². The molecule has 0 aliphatic rings. The monoisotopic (exact) mass is 129 g/mol. The molecule has 0 bridgehead atoms. The van der Waals surface area contributed by atoms with Crippen molar-refractivity contribution in [3.05, 3.63) is 6.92 Å². The van der Waals surface area contributed by atoms with Crippen molar-refractivity contribution in [1.29, 1.82) is 0 Å². The molecule has 0 heterocycles. The molecule has 0 aliphatic heterocycles. The van der Waals surface area contributed by atoms with E-state index in [-0.39, 0.29) is 0 Å². The Bertz CT molecular complexity index is 41.6. The first-order valence-electron chi connectivity index (χ1n) is 3.23. The molecule has 0 fully saturated rings. The molecule has 0 aliphatic carbocycles. The average molecular weight is 129 g/mol. The Balaban J connectivity index is 2.60. The summed E-state index contributed by atoms with van der Waals surface area (Å²) in [5.74, 6) is 0. The van der Waals surface area contributed by atoms with Crippen molar-refractivity contribution in [3.63, 3.8) is 0 Å². The van der Waals surface area contributed by atoms with Crippen LogP contribution < -0.4 is 16.4 Å². The first-order chi connectivity index (χ1) is 4.41. The van der Waals surface area contributed by atoms with E-state index >= 15 is 0 Å². The summed E-state index contributed by atoms with van der Waals surface area (Å²) >= 11 is 0. The van der Waals surface area contributed by atoms with Crippen LogP contribution in [0.15, 0.2) is 0 Å². The van der Waals surface area contributed by atoms with Crippen molar-refractivity contribution in [2.75, 3.05) is 32.7 Å². The van der Waals surface area contributed by atoms with Crippen LogP contribution in [0, 0.1) is 6.92 Å². The first kappa shape index (κ1) is 8.88. The van der Waals surface area contributed by atoms with E-state index in [1.165, 1.54) is 0 Å². The van der Waals surface area contributed by atoms with Crippen LogP contribution in [-0.4, -0.2) is 32.7 Å². The molecule has 0 unspecified atom stereocenters. The van der Waals surface area contributed by atoms with Crippen LogP contribution in [0.2, 0.25) is 0 Å². The van der Waals surface area contributed by atoms with E-state index in [1.807, 2.05) is 0 Å². The summed E-state index contributed by atoms with van der Waals surface area (Å²) in [6.45, 7) is 9.16. The Morgan fingerprint density at radius 2 is 1.78 bits per heavy atom. The normalized spacial score (nSPS) is 10.0. The van der Waals surface area contributed by atoms with Crippen molar-refractivity contribution in [2.24, 2.45) is 5.73 Å². The molecule has 0 saturated carbocycles. The lowest BCUT2D eigenvalue weighted by molar-refractivity contribution is 0.638. The van der Waals surface area contributed by atoms with Gasteiger partial charge in [-0.25, -0.2) is 0 Å². The van der Waals surface area contributed by atoms with Crippen LogP contribution in [-0.2, 0) is 0 Å². The second-order valence-electron chi connectivity index (χ2n) is 1.74. The zero-order valence-corrected chi connectivity index (χ0v) is 5.69. The molecule has 3 heteroatoms. The van der Waals surface area contributed by atoms with Crippen LogP contribution in [0.1, 0.15) is 0 Å². The molecule has 0 aromatic rings. The summed E-state index contributed by atoms with van der Waals surface area (Å²) < 4.78 is 0. The fourth-order valence-electron chi connectivity index (χ4n) is 0.506. The van der Waals surface area contributed by atoms with E-state index < -0.39 is 0 Å². The standard InChI is InChI=1S/C6H15N3/c1-2-8-5-6-9-4-3-7/h1,8-9H,2-7H2. The fraction of sp³-hybridized carbons (Fsp3) is 0.833. The lowest BCUT2D eigenvalue weighted by Crippen LogP contribution is -2.30. The lowest BCUT2D eigenvalue weighted by Gasteiger charge is -2.01. The lowest BCUT2D eigenvalue weighted by atomic mass is 10.5. The van der Waals surface area contributed by atoms with E-state index in [1.54, 1.807) is 0 Å². The molecule has 0 rings (SSSR count). The highest BCUT2D eigenvalue weighted by molar-refractivity contribution is 4.52. The summed E-state index contributed by atoms with van der Waals surface area (Å²) in [5.41, 5.74) is 5.24. The minimum Gasteiger partial charge on any atom is -0.329 e. The minimum atomic E-state index is 0.546. The van der Waals surface area contributed by atoms with Gasteiger partial charge < -0.3 is 16.4 Å². The average Bonchev–Trinajstić information content (AvgIpc) is 1.89. The molecule has 0 aromatic carbocycles. The Hall–Kier alpha value is -0.120. The van der Waals surface area contributed by atoms with Gasteiger partial charge in [-0.05, 0) is 13.5 Å². The molecular weight excluding hydrogens is 114 g/mol. The smallest absolute Gasteiger partial charge is 0.00772 e. The van der Waals surface area contributed by atoms with E-state index in [0.29, 0.717) is 13.1 Å². The molecule has 2 radical (unpaired) electrons. The van der Waals surface area contributed by atoms with Gasteiger partial charge in [0.15, 0.2) is 0 Å². The Kier molecular flexibility index (Phi) is 7.77. The molecule has 54 valence electrons. The molecule has 0 aromatic heterocycles. The minimum absolute atomic E-state index is 0.546. The quantitative estimate of drug-likeness (QED) is 0.396. The van der Waals surface area contributed by atoms with Gasteiger partial charge in [0, 0.05) is 26.2 Å². The maximum absolute atomic E-state index is 5.24. The third-order valence-corrected chi connectivity index (χ3v) is 0.944. The topological polar surface area (TPSA) is 50.1 Å². The van der Waals surface area contributed by atoms with Gasteiger partial charge in [-0.15, -0.1) is 0 Å². The van der Waals surface area contributed by atoms with Gasteiger partial charge in [-0.3, -0.25) is 0 Å². The Morgan fingerprint density at radius 1 is 1.11 bits per heavy atom. The number of hydrogen-bond acceptors (Lipinski definition) is 3. The zero-order valence-electron chi connectivity index (χ0n) is 5.69. The summed E-state index contributed by atoms with van der Waals surface area (Å²) in [5, 5.41) is 6.11. The number of rotatable bonds is 6. The molecule has 0 amide bonds. The van der Waals surface area contributed by atoms with Gasteiger partial charge in [0.1, 0.15) is 0 Å². The maximum Gasteiger partial charge on any atom is 0.00772 e. The number of hydrogen-bond donors (Lipinski definition) is 3. The predicted molar refractivity (Wildman–Crippen MR) is 39.1 cm³/mol. The van der Waals surface area contributed by atoms with E-state index in [2.05, 4.69) is 10.6 Å². The van der Waals surface area contributed by atoms with Crippen molar-refractivity contribution >= 4 is 0 Å². The van der Waals surface area contributed by atoms with Gasteiger partial charge >= 0.3 is 0 Å². The van der Waals surface area contributed by atoms with Crippen molar-refractivity contribution in [3.8, 4) is 0 Å². The second-order valence-corrected chi connectivity index (χ2v) is 1.74. The van der Waals surface area contributed by atoms with Gasteiger partial charge in [-0.2, -0.15) is 0 Å². The molecule has 9 heavy (non-hydrogen) atoms. The molecule has 3 nitrogen and oxygen atoms in total. The molecule has 0 spiro atoms. The molecular formula is C6H15N3. The van der Waals surface area contributed by atoms with Gasteiger partial charge in [0.05, 0.1) is 0 Å². The van der Waals surface area contributed by atoms with Crippen molar-refractivity contribution < 1.29 is 0 Å².